The number of nitriles is 1. The highest BCUT2D eigenvalue weighted by atomic mass is 16.3. The summed E-state index contributed by atoms with van der Waals surface area (Å²) in [4.78, 5) is 10.9. The second-order valence-electron chi connectivity index (χ2n) is 2.63. The molecule has 1 N–H and O–H groups in total. The maximum absolute atomic E-state index is 10.9. The van der Waals surface area contributed by atoms with Gasteiger partial charge in [0.05, 0.1) is 6.07 Å². The molecule has 0 heterocycles. The van der Waals surface area contributed by atoms with Crippen LogP contribution >= 0.6 is 0 Å². The van der Waals surface area contributed by atoms with E-state index in [4.69, 9.17) is 10.4 Å². The van der Waals surface area contributed by atoms with Gasteiger partial charge in [0.15, 0.2) is 5.78 Å². The molecule has 0 aliphatic heterocycles. The lowest BCUT2D eigenvalue weighted by Crippen LogP contribution is -2.38. The first-order valence-electron chi connectivity index (χ1n) is 3.30. The van der Waals surface area contributed by atoms with Crippen molar-refractivity contribution in [2.24, 2.45) is 5.41 Å². The van der Waals surface area contributed by atoms with Gasteiger partial charge in [0.1, 0.15) is 12.0 Å². The van der Waals surface area contributed by atoms with Gasteiger partial charge in [-0.05, 0) is 19.3 Å². The Morgan fingerprint density at radius 2 is 2.30 bits per heavy atom. The number of aliphatic hydroxyl groups excluding tert-OH is 1. The third-order valence-electron chi connectivity index (χ3n) is 2.10. The summed E-state index contributed by atoms with van der Waals surface area (Å²) < 4.78 is 0. The van der Waals surface area contributed by atoms with E-state index in [0.717, 1.165) is 6.42 Å². The Labute approximate surface area is 59.3 Å². The predicted octanol–water partition coefficient (Wildman–Crippen LogP) is 0.242. The first-order valence-corrected chi connectivity index (χ1v) is 3.30. The van der Waals surface area contributed by atoms with E-state index < -0.39 is 12.0 Å². The average molecular weight is 139 g/mol. The number of hydrogen-bond donors (Lipinski definition) is 1. The summed E-state index contributed by atoms with van der Waals surface area (Å²) in [6.07, 6.45) is 2.19. The standard InChI is InChI=1S/C7H9NO2/c8-5-7(2-1-3-7)6(10)4-9/h9H,1-4H2. The van der Waals surface area contributed by atoms with Crippen molar-refractivity contribution in [3.63, 3.8) is 0 Å². The molecule has 3 heteroatoms. The van der Waals surface area contributed by atoms with Gasteiger partial charge < -0.3 is 5.11 Å². The minimum Gasteiger partial charge on any atom is -0.389 e. The van der Waals surface area contributed by atoms with Crippen molar-refractivity contribution < 1.29 is 9.90 Å². The Bertz CT molecular complexity index is 188. The van der Waals surface area contributed by atoms with E-state index >= 15 is 0 Å². The minimum absolute atomic E-state index is 0.318. The van der Waals surface area contributed by atoms with Crippen molar-refractivity contribution >= 4 is 5.78 Å². The van der Waals surface area contributed by atoms with Gasteiger partial charge in [-0.1, -0.05) is 0 Å². The Hall–Kier alpha value is -0.880. The molecular weight excluding hydrogens is 130 g/mol. The Morgan fingerprint density at radius 3 is 2.40 bits per heavy atom. The fourth-order valence-electron chi connectivity index (χ4n) is 1.13. The maximum atomic E-state index is 10.9. The van der Waals surface area contributed by atoms with E-state index in [1.54, 1.807) is 0 Å². The molecule has 0 spiro atoms. The summed E-state index contributed by atoms with van der Waals surface area (Å²) in [6.45, 7) is -0.493. The predicted molar refractivity (Wildman–Crippen MR) is 34.0 cm³/mol. The van der Waals surface area contributed by atoms with E-state index in [9.17, 15) is 4.79 Å². The molecule has 1 aliphatic carbocycles. The van der Waals surface area contributed by atoms with Crippen molar-refractivity contribution in [1.29, 1.82) is 5.26 Å². The number of ketones is 1. The molecule has 0 amide bonds. The van der Waals surface area contributed by atoms with Gasteiger partial charge in [-0.15, -0.1) is 0 Å². The van der Waals surface area contributed by atoms with Crippen LogP contribution in [0.4, 0.5) is 0 Å². The molecule has 0 atom stereocenters. The van der Waals surface area contributed by atoms with E-state index in [1.807, 2.05) is 6.07 Å². The number of carbonyl (C=O) groups excluding carboxylic acids is 1. The molecule has 0 aromatic heterocycles. The topological polar surface area (TPSA) is 61.1 Å². The van der Waals surface area contributed by atoms with Crippen molar-refractivity contribution in [3.05, 3.63) is 0 Å². The van der Waals surface area contributed by atoms with Crippen LogP contribution in [0.2, 0.25) is 0 Å². The summed E-state index contributed by atoms with van der Waals surface area (Å²) >= 11 is 0. The summed E-state index contributed by atoms with van der Waals surface area (Å²) in [5.41, 5.74) is -0.811. The molecule has 3 nitrogen and oxygen atoms in total. The molecular formula is C7H9NO2. The zero-order chi connectivity index (χ0) is 7.61. The normalized spacial score (nSPS) is 20.8. The number of nitrogens with zero attached hydrogens (tertiary/aromatic N) is 1. The quantitative estimate of drug-likeness (QED) is 0.596. The van der Waals surface area contributed by atoms with Crippen molar-refractivity contribution in [2.75, 3.05) is 6.61 Å². The summed E-state index contributed by atoms with van der Waals surface area (Å²) in [5.74, 6) is -0.318. The van der Waals surface area contributed by atoms with Crippen LogP contribution in [0.5, 0.6) is 0 Å². The first kappa shape index (κ1) is 7.23. The highest BCUT2D eigenvalue weighted by Crippen LogP contribution is 2.40. The molecule has 10 heavy (non-hydrogen) atoms. The van der Waals surface area contributed by atoms with Gasteiger partial charge in [-0.25, -0.2) is 0 Å². The molecule has 0 aromatic carbocycles. The smallest absolute Gasteiger partial charge is 0.178 e. The van der Waals surface area contributed by atoms with Crippen LogP contribution < -0.4 is 0 Å². The van der Waals surface area contributed by atoms with Crippen LogP contribution in [0, 0.1) is 16.7 Å². The second kappa shape index (κ2) is 2.39. The van der Waals surface area contributed by atoms with Gasteiger partial charge in [0.25, 0.3) is 0 Å². The average Bonchev–Trinajstić information content (AvgIpc) is 1.86. The molecule has 1 saturated carbocycles. The lowest BCUT2D eigenvalue weighted by atomic mass is 9.67. The number of aliphatic hydroxyl groups is 1. The lowest BCUT2D eigenvalue weighted by molar-refractivity contribution is -0.132. The van der Waals surface area contributed by atoms with E-state index in [2.05, 4.69) is 0 Å². The summed E-state index contributed by atoms with van der Waals surface area (Å²) in [5, 5.41) is 17.0. The van der Waals surface area contributed by atoms with Crippen molar-refractivity contribution in [3.8, 4) is 6.07 Å². The third kappa shape index (κ3) is 0.812. The summed E-state index contributed by atoms with van der Waals surface area (Å²) in [7, 11) is 0. The number of Topliss-reactive ketones (excluding diaryl/α,β-unsaturated/α-hetero) is 1. The monoisotopic (exact) mass is 139 g/mol. The van der Waals surface area contributed by atoms with Crippen molar-refractivity contribution in [1.82, 2.24) is 0 Å². The largest absolute Gasteiger partial charge is 0.389 e. The first-order chi connectivity index (χ1) is 4.75. The Balaban J connectivity index is 2.67. The molecule has 0 radical (unpaired) electrons. The molecule has 54 valence electrons. The molecule has 0 aromatic rings. The van der Waals surface area contributed by atoms with Crippen LogP contribution in [0.15, 0.2) is 0 Å². The van der Waals surface area contributed by atoms with Crippen LogP contribution in [0.1, 0.15) is 19.3 Å². The highest BCUT2D eigenvalue weighted by Gasteiger charge is 2.43. The zero-order valence-corrected chi connectivity index (χ0v) is 5.63. The highest BCUT2D eigenvalue weighted by molar-refractivity contribution is 5.89. The Kier molecular flexibility index (Phi) is 1.73. The van der Waals surface area contributed by atoms with Crippen LogP contribution in [0.25, 0.3) is 0 Å². The second-order valence-corrected chi connectivity index (χ2v) is 2.63. The SMILES string of the molecule is N#CC1(C(=O)CO)CCC1. The van der Waals surface area contributed by atoms with Gasteiger partial charge in [0, 0.05) is 0 Å². The van der Waals surface area contributed by atoms with Crippen LogP contribution in [-0.2, 0) is 4.79 Å². The van der Waals surface area contributed by atoms with E-state index in [-0.39, 0.29) is 5.78 Å². The molecule has 1 aliphatic rings. The van der Waals surface area contributed by atoms with E-state index in [1.165, 1.54) is 0 Å². The van der Waals surface area contributed by atoms with Crippen LogP contribution in [0.3, 0.4) is 0 Å². The fourth-order valence-corrected chi connectivity index (χ4v) is 1.13. The molecule has 0 unspecified atom stereocenters. The van der Waals surface area contributed by atoms with E-state index in [0.29, 0.717) is 12.8 Å². The third-order valence-corrected chi connectivity index (χ3v) is 2.10. The molecule has 1 rings (SSSR count). The molecule has 0 saturated heterocycles. The Morgan fingerprint density at radius 1 is 1.70 bits per heavy atom. The van der Waals surface area contributed by atoms with Gasteiger partial charge >= 0.3 is 0 Å². The van der Waals surface area contributed by atoms with Gasteiger partial charge in [-0.2, -0.15) is 5.26 Å². The molecule has 1 fully saturated rings. The number of hydrogen-bond acceptors (Lipinski definition) is 3. The van der Waals surface area contributed by atoms with Crippen LogP contribution in [-0.4, -0.2) is 17.5 Å². The maximum Gasteiger partial charge on any atom is 0.178 e. The van der Waals surface area contributed by atoms with Crippen molar-refractivity contribution in [2.45, 2.75) is 19.3 Å². The summed E-state index contributed by atoms with van der Waals surface area (Å²) in [6, 6.07) is 1.96. The number of carbonyl (C=O) groups is 1. The molecule has 0 bridgehead atoms. The lowest BCUT2D eigenvalue weighted by Gasteiger charge is -2.32. The number of rotatable bonds is 2. The fraction of sp³-hybridized carbons (Fsp3) is 0.714. The zero-order valence-electron chi connectivity index (χ0n) is 5.63. The van der Waals surface area contributed by atoms with Gasteiger partial charge in [-0.3, -0.25) is 4.79 Å². The minimum atomic E-state index is -0.811. The van der Waals surface area contributed by atoms with Gasteiger partial charge in [0.2, 0.25) is 0 Å².